The van der Waals surface area contributed by atoms with Crippen molar-refractivity contribution in [3.8, 4) is 0 Å². The molecule has 94 valence electrons. The van der Waals surface area contributed by atoms with Gasteiger partial charge in [-0.15, -0.1) is 0 Å². The zero-order valence-corrected chi connectivity index (χ0v) is 10.3. The summed E-state index contributed by atoms with van der Waals surface area (Å²) in [6.45, 7) is 0.798. The highest BCUT2D eigenvalue weighted by atomic mass is 35.5. The zero-order valence-electron chi connectivity index (χ0n) is 9.53. The molecule has 0 saturated carbocycles. The third kappa shape index (κ3) is 3.18. The first-order valence-electron chi connectivity index (χ1n) is 5.92. The van der Waals surface area contributed by atoms with Crippen molar-refractivity contribution in [1.29, 1.82) is 0 Å². The van der Waals surface area contributed by atoms with E-state index in [4.69, 9.17) is 16.3 Å². The van der Waals surface area contributed by atoms with Gasteiger partial charge in [-0.3, -0.25) is 0 Å². The van der Waals surface area contributed by atoms with E-state index in [1.54, 1.807) is 12.1 Å². The summed E-state index contributed by atoms with van der Waals surface area (Å²) in [4.78, 5) is 0. The van der Waals surface area contributed by atoms with Gasteiger partial charge in [-0.05, 0) is 31.7 Å². The van der Waals surface area contributed by atoms with Crippen LogP contribution in [0.25, 0.3) is 0 Å². The maximum atomic E-state index is 13.6. The molecule has 2 atom stereocenters. The van der Waals surface area contributed by atoms with E-state index >= 15 is 0 Å². The van der Waals surface area contributed by atoms with Gasteiger partial charge in [0, 0.05) is 12.2 Å². The standard InChI is InChI=1S/C13H16ClFO2/c14-11-5-1-4-10(13(11)15)12(16)7-6-9-3-2-8-17-9/h1,4-5,9,12,16H,2-3,6-8H2. The molecule has 0 aromatic heterocycles. The van der Waals surface area contributed by atoms with Crippen LogP contribution in [0.1, 0.15) is 37.4 Å². The molecule has 4 heteroatoms. The lowest BCUT2D eigenvalue weighted by atomic mass is 10.0. The first-order valence-corrected chi connectivity index (χ1v) is 6.30. The fraction of sp³-hybridized carbons (Fsp3) is 0.538. The van der Waals surface area contributed by atoms with E-state index in [0.29, 0.717) is 6.42 Å². The molecule has 1 aliphatic rings. The normalized spacial score (nSPS) is 21.7. The van der Waals surface area contributed by atoms with Crippen molar-refractivity contribution in [3.63, 3.8) is 0 Å². The Labute approximate surface area is 105 Å². The van der Waals surface area contributed by atoms with Crippen LogP contribution < -0.4 is 0 Å². The van der Waals surface area contributed by atoms with Crippen molar-refractivity contribution >= 4 is 11.6 Å². The van der Waals surface area contributed by atoms with E-state index in [1.807, 2.05) is 0 Å². The smallest absolute Gasteiger partial charge is 0.147 e. The fourth-order valence-electron chi connectivity index (χ4n) is 2.15. The monoisotopic (exact) mass is 258 g/mol. The number of hydrogen-bond acceptors (Lipinski definition) is 2. The van der Waals surface area contributed by atoms with Crippen LogP contribution in [0.15, 0.2) is 18.2 Å². The highest BCUT2D eigenvalue weighted by molar-refractivity contribution is 6.30. The van der Waals surface area contributed by atoms with Crippen molar-refractivity contribution in [1.82, 2.24) is 0 Å². The highest BCUT2D eigenvalue weighted by Crippen LogP contribution is 2.28. The Balaban J connectivity index is 1.94. The maximum Gasteiger partial charge on any atom is 0.147 e. The van der Waals surface area contributed by atoms with Crippen LogP contribution in [-0.2, 0) is 4.74 Å². The van der Waals surface area contributed by atoms with Crippen molar-refractivity contribution in [2.45, 2.75) is 37.9 Å². The molecule has 0 bridgehead atoms. The summed E-state index contributed by atoms with van der Waals surface area (Å²) in [7, 11) is 0. The Morgan fingerprint density at radius 3 is 3.06 bits per heavy atom. The number of rotatable bonds is 4. The number of ether oxygens (including phenoxy) is 1. The first kappa shape index (κ1) is 12.8. The molecule has 1 saturated heterocycles. The third-order valence-electron chi connectivity index (χ3n) is 3.13. The molecular formula is C13H16ClFO2. The van der Waals surface area contributed by atoms with Gasteiger partial charge in [0.2, 0.25) is 0 Å². The second kappa shape index (κ2) is 5.80. The van der Waals surface area contributed by atoms with Gasteiger partial charge in [0.25, 0.3) is 0 Å². The van der Waals surface area contributed by atoms with Crippen molar-refractivity contribution in [2.24, 2.45) is 0 Å². The molecule has 1 aromatic rings. The van der Waals surface area contributed by atoms with Crippen LogP contribution in [0.3, 0.4) is 0 Å². The summed E-state index contributed by atoms with van der Waals surface area (Å²) in [5.41, 5.74) is 0.274. The van der Waals surface area contributed by atoms with Crippen molar-refractivity contribution < 1.29 is 14.2 Å². The van der Waals surface area contributed by atoms with Crippen LogP contribution in [-0.4, -0.2) is 17.8 Å². The van der Waals surface area contributed by atoms with Crippen LogP contribution in [0.2, 0.25) is 5.02 Å². The largest absolute Gasteiger partial charge is 0.388 e. The third-order valence-corrected chi connectivity index (χ3v) is 3.42. The zero-order chi connectivity index (χ0) is 12.3. The molecule has 2 unspecified atom stereocenters. The Bertz CT molecular complexity index is 378. The average molecular weight is 259 g/mol. The number of hydrogen-bond donors (Lipinski definition) is 1. The number of benzene rings is 1. The van der Waals surface area contributed by atoms with Gasteiger partial charge in [-0.2, -0.15) is 0 Å². The van der Waals surface area contributed by atoms with Gasteiger partial charge in [-0.25, -0.2) is 4.39 Å². The number of aliphatic hydroxyl groups is 1. The summed E-state index contributed by atoms with van der Waals surface area (Å²) >= 11 is 5.67. The van der Waals surface area contributed by atoms with Gasteiger partial charge < -0.3 is 9.84 Å². The molecule has 0 amide bonds. The molecular weight excluding hydrogens is 243 g/mol. The van der Waals surface area contributed by atoms with Gasteiger partial charge in [-0.1, -0.05) is 23.7 Å². The Morgan fingerprint density at radius 2 is 2.35 bits per heavy atom. The van der Waals surface area contributed by atoms with Crippen LogP contribution in [0.5, 0.6) is 0 Å². The molecule has 1 fully saturated rings. The predicted molar refractivity (Wildman–Crippen MR) is 64.6 cm³/mol. The molecule has 0 spiro atoms. The van der Waals surface area contributed by atoms with Gasteiger partial charge in [0.1, 0.15) is 5.82 Å². The number of halogens is 2. The van der Waals surface area contributed by atoms with E-state index in [-0.39, 0.29) is 16.7 Å². The van der Waals surface area contributed by atoms with E-state index in [0.717, 1.165) is 25.9 Å². The van der Waals surface area contributed by atoms with Gasteiger partial charge >= 0.3 is 0 Å². The van der Waals surface area contributed by atoms with Crippen molar-refractivity contribution in [3.05, 3.63) is 34.6 Å². The first-order chi connectivity index (χ1) is 8.18. The summed E-state index contributed by atoms with van der Waals surface area (Å²) in [6, 6.07) is 4.70. The summed E-state index contributed by atoms with van der Waals surface area (Å²) in [6.07, 6.45) is 2.77. The molecule has 17 heavy (non-hydrogen) atoms. The molecule has 0 aliphatic carbocycles. The van der Waals surface area contributed by atoms with Crippen LogP contribution >= 0.6 is 11.6 Å². The van der Waals surface area contributed by atoms with Crippen LogP contribution in [0.4, 0.5) is 4.39 Å². The molecule has 2 nitrogen and oxygen atoms in total. The lowest BCUT2D eigenvalue weighted by Gasteiger charge is -2.15. The summed E-state index contributed by atoms with van der Waals surface area (Å²) in [5, 5.41) is 9.99. The Morgan fingerprint density at radius 1 is 1.53 bits per heavy atom. The average Bonchev–Trinajstić information content (AvgIpc) is 2.82. The molecule has 1 aliphatic heterocycles. The van der Waals surface area contributed by atoms with E-state index in [9.17, 15) is 9.50 Å². The number of aliphatic hydroxyl groups excluding tert-OH is 1. The molecule has 0 radical (unpaired) electrons. The maximum absolute atomic E-state index is 13.6. The lowest BCUT2D eigenvalue weighted by Crippen LogP contribution is -2.09. The Kier molecular flexibility index (Phi) is 4.37. The summed E-state index contributed by atoms with van der Waals surface area (Å²) in [5.74, 6) is -0.519. The van der Waals surface area contributed by atoms with E-state index < -0.39 is 11.9 Å². The minimum atomic E-state index is -0.808. The minimum Gasteiger partial charge on any atom is -0.388 e. The SMILES string of the molecule is OC(CCC1CCCO1)c1cccc(Cl)c1F. The molecule has 1 heterocycles. The fourth-order valence-corrected chi connectivity index (χ4v) is 2.33. The molecule has 1 N–H and O–H groups in total. The van der Waals surface area contributed by atoms with Gasteiger partial charge in [0.15, 0.2) is 0 Å². The second-order valence-corrected chi connectivity index (χ2v) is 4.78. The second-order valence-electron chi connectivity index (χ2n) is 4.37. The van der Waals surface area contributed by atoms with Crippen LogP contribution in [0, 0.1) is 5.82 Å². The quantitative estimate of drug-likeness (QED) is 0.896. The Hall–Kier alpha value is -0.640. The van der Waals surface area contributed by atoms with Crippen molar-refractivity contribution in [2.75, 3.05) is 6.61 Å². The van der Waals surface area contributed by atoms with E-state index in [2.05, 4.69) is 0 Å². The lowest BCUT2D eigenvalue weighted by molar-refractivity contribution is 0.0803. The topological polar surface area (TPSA) is 29.5 Å². The predicted octanol–water partition coefficient (Wildman–Crippen LogP) is 3.47. The minimum absolute atomic E-state index is 0.0543. The highest BCUT2D eigenvalue weighted by Gasteiger charge is 2.19. The van der Waals surface area contributed by atoms with E-state index in [1.165, 1.54) is 6.07 Å². The molecule has 1 aromatic carbocycles. The molecule has 2 rings (SSSR count). The summed E-state index contributed by atoms with van der Waals surface area (Å²) < 4.78 is 19.1. The van der Waals surface area contributed by atoms with Gasteiger partial charge in [0.05, 0.1) is 17.2 Å².